The van der Waals surface area contributed by atoms with E-state index in [1.54, 1.807) is 41.5 Å². The van der Waals surface area contributed by atoms with Crippen molar-refractivity contribution in [2.45, 2.75) is 77.4 Å². The van der Waals surface area contributed by atoms with Crippen molar-refractivity contribution in [1.82, 2.24) is 24.6 Å². The number of anilines is 1. The van der Waals surface area contributed by atoms with Gasteiger partial charge in [0.15, 0.2) is 22.5 Å². The Kier molecular flexibility index (Phi) is 13.9. The van der Waals surface area contributed by atoms with Crippen molar-refractivity contribution < 1.29 is 42.5 Å². The first-order chi connectivity index (χ1) is 24.0. The lowest BCUT2D eigenvalue weighted by Crippen LogP contribution is -2.40. The highest BCUT2D eigenvalue weighted by Gasteiger charge is 2.54. The summed E-state index contributed by atoms with van der Waals surface area (Å²) in [5.41, 5.74) is 12.2. The normalized spacial score (nSPS) is 22.6. The highest BCUT2D eigenvalue weighted by Crippen LogP contribution is 2.48. The molecule has 19 heteroatoms. The van der Waals surface area contributed by atoms with Crippen LogP contribution in [0.5, 0.6) is 5.88 Å². The fourth-order valence-corrected chi connectivity index (χ4v) is 7.45. The van der Waals surface area contributed by atoms with Crippen molar-refractivity contribution in [3.63, 3.8) is 0 Å². The van der Waals surface area contributed by atoms with Crippen molar-refractivity contribution in [3.05, 3.63) is 42.2 Å². The summed E-state index contributed by atoms with van der Waals surface area (Å²) in [6, 6.07) is 8.41. The number of alkyl halides is 1. The average Bonchev–Trinajstić information content (AvgIpc) is 3.60. The van der Waals surface area contributed by atoms with Crippen LogP contribution in [0.3, 0.4) is 0 Å². The number of carbonyl (C=O) groups is 2. The molecule has 1 fully saturated rings. The zero-order valence-corrected chi connectivity index (χ0v) is 32.0. The number of nitrogens with one attached hydrogen (secondary N) is 1. The first-order valence-electron chi connectivity index (χ1n) is 16.4. The Labute approximate surface area is 306 Å². The molecule has 1 saturated heterocycles. The zero-order valence-electron chi connectivity index (χ0n) is 29.5. The lowest BCUT2D eigenvalue weighted by atomic mass is 9.97. The second-order valence-corrected chi connectivity index (χ2v) is 16.8. The molecule has 0 radical (unpaired) electrons. The number of thioether (sulfide) groups is 1. The van der Waals surface area contributed by atoms with Crippen LogP contribution in [0.4, 0.5) is 5.95 Å². The van der Waals surface area contributed by atoms with Crippen LogP contribution < -0.4 is 21.3 Å². The number of hydrogen-bond acceptors (Lipinski definition) is 15. The molecule has 51 heavy (non-hydrogen) atoms. The zero-order chi connectivity index (χ0) is 37.6. The summed E-state index contributed by atoms with van der Waals surface area (Å²) < 4.78 is 44.1. The van der Waals surface area contributed by atoms with Gasteiger partial charge in [0.1, 0.15) is 29.7 Å². The van der Waals surface area contributed by atoms with Crippen molar-refractivity contribution in [1.29, 1.82) is 0 Å². The number of aliphatic hydroxyl groups is 1. The summed E-state index contributed by atoms with van der Waals surface area (Å²) in [6.45, 7) is 10.1. The number of hydrogen-bond donors (Lipinski definition) is 4. The molecule has 0 spiro atoms. The van der Waals surface area contributed by atoms with E-state index in [-0.39, 0.29) is 60.6 Å². The van der Waals surface area contributed by atoms with E-state index >= 15 is 0 Å². The monoisotopic (exact) mass is 771 g/mol. The van der Waals surface area contributed by atoms with Crippen molar-refractivity contribution in [3.8, 4) is 5.88 Å². The number of aliphatic hydroxyl groups excluding tert-OH is 1. The molecule has 16 nitrogen and oxygen atoms in total. The Balaban J connectivity index is 1.41. The van der Waals surface area contributed by atoms with E-state index in [0.29, 0.717) is 12.1 Å². The summed E-state index contributed by atoms with van der Waals surface area (Å²) in [5.74, 6) is -0.430. The first-order valence-corrected chi connectivity index (χ1v) is 19.3. The van der Waals surface area contributed by atoms with Gasteiger partial charge in [0.25, 0.3) is 0 Å². The molecular formula is C32H47ClN7O9PS. The molecule has 2 aromatic heterocycles. The summed E-state index contributed by atoms with van der Waals surface area (Å²) in [5, 5.41) is 13.9. The lowest BCUT2D eigenvalue weighted by molar-refractivity contribution is -0.150. The number of imidazole rings is 1. The standard InChI is InChI=1S/C32H47ClN7O9PS/c1-7-45-26-23-25(38-30(35)39-26)40(18-36-23)28-32(6,33)24(41)21(49-28)16-48-50(44,37-15-20-11-9-8-10-12-20)47-13-14-51-29(43)31(4,5)17-46-27(42)22(34)19(2)3/h8-12,18-19,21-22,24,28,41H,7,13-17,34H2,1-6H3,(H,37,44)(H2,35,38,39)/t21-,22?,24-,28-,32-,50?/m1/s1. The molecule has 0 bridgehead atoms. The van der Waals surface area contributed by atoms with Crippen LogP contribution in [-0.2, 0) is 39.2 Å². The van der Waals surface area contributed by atoms with Crippen molar-refractivity contribution in [2.24, 2.45) is 17.1 Å². The summed E-state index contributed by atoms with van der Waals surface area (Å²) >= 11 is 7.81. The number of halogens is 1. The number of esters is 1. The van der Waals surface area contributed by atoms with Gasteiger partial charge in [-0.3, -0.25) is 23.2 Å². The Morgan fingerprint density at radius 3 is 2.61 bits per heavy atom. The van der Waals surface area contributed by atoms with Crippen molar-refractivity contribution >= 4 is 59.3 Å². The molecular weight excluding hydrogens is 725 g/mol. The van der Waals surface area contributed by atoms with Gasteiger partial charge in [-0.1, -0.05) is 55.9 Å². The van der Waals surface area contributed by atoms with Crippen molar-refractivity contribution in [2.75, 3.05) is 37.9 Å². The van der Waals surface area contributed by atoms with E-state index in [2.05, 4.69) is 20.0 Å². The Bertz CT molecular complexity index is 1700. The molecule has 6 atom stereocenters. The van der Waals surface area contributed by atoms with Gasteiger partial charge < -0.3 is 30.8 Å². The van der Waals surface area contributed by atoms with Gasteiger partial charge in [-0.2, -0.15) is 9.97 Å². The maximum absolute atomic E-state index is 14.0. The SMILES string of the molecule is CCOc1nc(N)nc2c1ncn2[C@@H]1O[C@H](COP(=O)(NCc2ccccc2)OCCSC(=O)C(C)(C)COC(=O)C(N)C(C)C)[C@@H](O)[C@@]1(C)Cl. The molecule has 1 aliphatic rings. The van der Waals surface area contributed by atoms with E-state index in [1.165, 1.54) is 10.9 Å². The third-order valence-electron chi connectivity index (χ3n) is 8.08. The molecule has 3 aromatic rings. The fourth-order valence-electron chi connectivity index (χ4n) is 4.92. The minimum atomic E-state index is -4.06. The smallest absolute Gasteiger partial charge is 0.405 e. The number of benzene rings is 1. The third kappa shape index (κ3) is 10.2. The van der Waals surface area contributed by atoms with Crippen LogP contribution in [0.1, 0.15) is 53.3 Å². The molecule has 282 valence electrons. The number of nitrogens with zero attached hydrogens (tertiary/aromatic N) is 4. The molecule has 0 saturated carbocycles. The molecule has 1 aromatic carbocycles. The predicted octanol–water partition coefficient (Wildman–Crippen LogP) is 3.81. The summed E-state index contributed by atoms with van der Waals surface area (Å²) in [4.78, 5) is 36.5. The van der Waals surface area contributed by atoms with Crippen LogP contribution in [0.2, 0.25) is 0 Å². The van der Waals surface area contributed by atoms with Crippen LogP contribution in [0.25, 0.3) is 11.2 Å². The van der Waals surface area contributed by atoms with Crippen LogP contribution in [0, 0.1) is 11.3 Å². The van der Waals surface area contributed by atoms with E-state index in [4.69, 9.17) is 46.3 Å². The second-order valence-electron chi connectivity index (χ2n) is 13.1. The minimum absolute atomic E-state index is 0.0526. The average molecular weight is 772 g/mol. The molecule has 2 unspecified atom stereocenters. The third-order valence-corrected chi connectivity index (χ3v) is 11.2. The molecule has 6 N–H and O–H groups in total. The second kappa shape index (κ2) is 17.3. The topological polar surface area (TPSA) is 225 Å². The number of rotatable bonds is 18. The fraction of sp³-hybridized carbons (Fsp3) is 0.594. The number of ether oxygens (including phenoxy) is 3. The van der Waals surface area contributed by atoms with E-state index in [9.17, 15) is 19.3 Å². The Morgan fingerprint density at radius 2 is 1.94 bits per heavy atom. The molecule has 0 aliphatic carbocycles. The lowest BCUT2D eigenvalue weighted by Gasteiger charge is -2.26. The molecule has 4 rings (SSSR count). The Morgan fingerprint density at radius 1 is 1.24 bits per heavy atom. The van der Waals surface area contributed by atoms with Crippen LogP contribution >= 0.6 is 31.1 Å². The van der Waals surface area contributed by atoms with E-state index in [0.717, 1.165) is 17.3 Å². The first kappa shape index (κ1) is 40.9. The van der Waals surface area contributed by atoms with Gasteiger partial charge in [0, 0.05) is 12.3 Å². The van der Waals surface area contributed by atoms with Gasteiger partial charge in [0.2, 0.25) is 11.8 Å². The largest absolute Gasteiger partial charge is 0.476 e. The maximum atomic E-state index is 14.0. The van der Waals surface area contributed by atoms with E-state index < -0.39 is 48.5 Å². The number of nitrogen functional groups attached to an aromatic ring is 1. The number of fused-ring (bicyclic) bond motifs is 1. The van der Waals surface area contributed by atoms with E-state index in [1.807, 2.05) is 30.3 Å². The quantitative estimate of drug-likeness (QED) is 0.0624. The van der Waals surface area contributed by atoms with Gasteiger partial charge in [0.05, 0.1) is 31.6 Å². The highest BCUT2D eigenvalue weighted by molar-refractivity contribution is 8.13. The van der Waals surface area contributed by atoms with Gasteiger partial charge in [-0.25, -0.2) is 14.6 Å². The molecule has 0 amide bonds. The summed E-state index contributed by atoms with van der Waals surface area (Å²) in [6.07, 6.45) is -1.92. The van der Waals surface area contributed by atoms with Gasteiger partial charge in [-0.15, -0.1) is 11.6 Å². The maximum Gasteiger partial charge on any atom is 0.405 e. The minimum Gasteiger partial charge on any atom is -0.476 e. The summed E-state index contributed by atoms with van der Waals surface area (Å²) in [7, 11) is -4.06. The highest BCUT2D eigenvalue weighted by atomic mass is 35.5. The number of aromatic nitrogens is 4. The number of carbonyl (C=O) groups excluding carboxylic acids is 2. The van der Waals surface area contributed by atoms with Crippen LogP contribution in [-0.4, -0.2) is 91.0 Å². The number of nitrogens with two attached hydrogens (primary N) is 2. The Hall–Kier alpha value is -2.86. The van der Waals surface area contributed by atoms with Crippen LogP contribution in [0.15, 0.2) is 36.7 Å². The van der Waals surface area contributed by atoms with Gasteiger partial charge >= 0.3 is 13.7 Å². The predicted molar refractivity (Wildman–Crippen MR) is 193 cm³/mol. The van der Waals surface area contributed by atoms with Gasteiger partial charge in [-0.05, 0) is 39.2 Å². The molecule has 3 heterocycles. The molecule has 1 aliphatic heterocycles.